The molecule has 0 unspecified atom stereocenters. The number of rotatable bonds is 5. The van der Waals surface area contributed by atoms with Crippen LogP contribution in [0, 0.1) is 11.6 Å². The molecular weight excluding hydrogens is 332 g/mol. The van der Waals surface area contributed by atoms with Crippen LogP contribution in [0.2, 0.25) is 0 Å². The highest BCUT2D eigenvalue weighted by atomic mass is 19.1. The van der Waals surface area contributed by atoms with Gasteiger partial charge in [0.15, 0.2) is 5.76 Å². The van der Waals surface area contributed by atoms with Gasteiger partial charge in [-0.25, -0.2) is 8.78 Å². The summed E-state index contributed by atoms with van der Waals surface area (Å²) in [5, 5.41) is 13.6. The van der Waals surface area contributed by atoms with Crippen molar-refractivity contribution >= 4 is 0 Å². The lowest BCUT2D eigenvalue weighted by atomic mass is 10.0. The monoisotopic (exact) mass is 347 g/mol. The Morgan fingerprint density at radius 3 is 2.52 bits per heavy atom. The standard InChI is InChI=1S/C18H15F2NO4/c1-23-11-4-5-12(16(8-11)24-2)18-14(9-22)17(21-25-18)13-7-10(19)3-6-15(13)20/h3-8,22H,9H2,1-2H3. The summed E-state index contributed by atoms with van der Waals surface area (Å²) < 4.78 is 43.3. The molecule has 3 aromatic rings. The molecule has 1 aromatic heterocycles. The molecule has 3 rings (SSSR count). The second-order valence-electron chi connectivity index (χ2n) is 5.19. The molecule has 0 aliphatic carbocycles. The van der Waals surface area contributed by atoms with Gasteiger partial charge in [0.05, 0.1) is 32.0 Å². The second kappa shape index (κ2) is 6.90. The largest absolute Gasteiger partial charge is 0.497 e. The minimum absolute atomic E-state index is 0.0346. The van der Waals surface area contributed by atoms with Gasteiger partial charge in [-0.15, -0.1) is 0 Å². The molecule has 0 spiro atoms. The van der Waals surface area contributed by atoms with Crippen molar-refractivity contribution in [1.82, 2.24) is 5.16 Å². The molecule has 7 heteroatoms. The number of nitrogens with zero attached hydrogens (tertiary/aromatic N) is 1. The van der Waals surface area contributed by atoms with Crippen LogP contribution in [-0.2, 0) is 6.61 Å². The molecule has 130 valence electrons. The number of halogens is 2. The van der Waals surface area contributed by atoms with Crippen LogP contribution in [0.25, 0.3) is 22.6 Å². The highest BCUT2D eigenvalue weighted by Gasteiger charge is 2.23. The van der Waals surface area contributed by atoms with Crippen LogP contribution in [0.3, 0.4) is 0 Å². The molecule has 0 atom stereocenters. The Kier molecular flexibility index (Phi) is 4.67. The van der Waals surface area contributed by atoms with Gasteiger partial charge in [0.1, 0.15) is 28.8 Å². The minimum Gasteiger partial charge on any atom is -0.497 e. The van der Waals surface area contributed by atoms with E-state index in [1.807, 2.05) is 0 Å². The summed E-state index contributed by atoms with van der Waals surface area (Å²) in [6.45, 7) is -0.473. The molecule has 0 radical (unpaired) electrons. The van der Waals surface area contributed by atoms with Crippen molar-refractivity contribution < 1.29 is 27.9 Å². The number of methoxy groups -OCH3 is 2. The molecular formula is C18H15F2NO4. The second-order valence-corrected chi connectivity index (χ2v) is 5.19. The van der Waals surface area contributed by atoms with Gasteiger partial charge in [-0.2, -0.15) is 0 Å². The number of hydrogen-bond acceptors (Lipinski definition) is 5. The maximum absolute atomic E-state index is 14.1. The molecule has 0 saturated carbocycles. The Labute approximate surface area is 142 Å². The molecule has 0 bridgehead atoms. The summed E-state index contributed by atoms with van der Waals surface area (Å²) >= 11 is 0. The fourth-order valence-corrected chi connectivity index (χ4v) is 2.54. The Morgan fingerprint density at radius 2 is 1.84 bits per heavy atom. The van der Waals surface area contributed by atoms with Gasteiger partial charge in [-0.3, -0.25) is 0 Å². The van der Waals surface area contributed by atoms with Gasteiger partial charge in [-0.1, -0.05) is 5.16 Å². The van der Waals surface area contributed by atoms with Crippen LogP contribution in [0.1, 0.15) is 5.56 Å². The molecule has 5 nitrogen and oxygen atoms in total. The van der Waals surface area contributed by atoms with Crippen LogP contribution in [0.4, 0.5) is 8.78 Å². The summed E-state index contributed by atoms with van der Waals surface area (Å²) in [5.74, 6) is -0.0799. The van der Waals surface area contributed by atoms with E-state index in [0.29, 0.717) is 17.1 Å². The van der Waals surface area contributed by atoms with E-state index in [9.17, 15) is 13.9 Å². The van der Waals surface area contributed by atoms with E-state index >= 15 is 0 Å². The van der Waals surface area contributed by atoms with Crippen molar-refractivity contribution in [2.45, 2.75) is 6.61 Å². The minimum atomic E-state index is -0.669. The van der Waals surface area contributed by atoms with Crippen molar-refractivity contribution in [3.63, 3.8) is 0 Å². The fourth-order valence-electron chi connectivity index (χ4n) is 2.54. The molecule has 1 heterocycles. The van der Waals surface area contributed by atoms with Gasteiger partial charge in [0.2, 0.25) is 0 Å². The highest BCUT2D eigenvalue weighted by molar-refractivity contribution is 5.76. The first-order valence-electron chi connectivity index (χ1n) is 7.36. The summed E-state index contributed by atoms with van der Waals surface area (Å²) in [7, 11) is 2.99. The quantitative estimate of drug-likeness (QED) is 0.761. The van der Waals surface area contributed by atoms with Crippen molar-refractivity contribution in [2.75, 3.05) is 14.2 Å². The Balaban J connectivity index is 2.17. The number of hydrogen-bond donors (Lipinski definition) is 1. The lowest BCUT2D eigenvalue weighted by molar-refractivity contribution is 0.281. The van der Waals surface area contributed by atoms with Gasteiger partial charge in [0.25, 0.3) is 0 Å². The molecule has 2 aromatic carbocycles. The van der Waals surface area contributed by atoms with Crippen LogP contribution in [0.15, 0.2) is 40.9 Å². The first-order chi connectivity index (χ1) is 12.1. The van der Waals surface area contributed by atoms with Gasteiger partial charge in [-0.05, 0) is 30.3 Å². The van der Waals surface area contributed by atoms with Gasteiger partial charge in [0, 0.05) is 11.6 Å². The summed E-state index contributed by atoms with van der Waals surface area (Å²) in [5.41, 5.74) is 0.676. The molecule has 25 heavy (non-hydrogen) atoms. The maximum Gasteiger partial charge on any atom is 0.176 e. The van der Waals surface area contributed by atoms with E-state index in [2.05, 4.69) is 5.16 Å². The normalized spacial score (nSPS) is 10.8. The Hall–Kier alpha value is -2.93. The summed E-state index contributed by atoms with van der Waals surface area (Å²) in [4.78, 5) is 0. The van der Waals surface area contributed by atoms with E-state index in [1.165, 1.54) is 14.2 Å². The van der Waals surface area contributed by atoms with E-state index in [0.717, 1.165) is 18.2 Å². The number of aliphatic hydroxyl groups is 1. The zero-order chi connectivity index (χ0) is 18.0. The highest BCUT2D eigenvalue weighted by Crippen LogP contribution is 2.39. The number of aromatic nitrogens is 1. The average molecular weight is 347 g/mol. The lowest BCUT2D eigenvalue weighted by Crippen LogP contribution is -1.94. The third kappa shape index (κ3) is 3.06. The third-order valence-electron chi connectivity index (χ3n) is 3.78. The first kappa shape index (κ1) is 16.9. The summed E-state index contributed by atoms with van der Waals surface area (Å²) in [6, 6.07) is 7.99. The van der Waals surface area contributed by atoms with Crippen molar-refractivity contribution in [1.29, 1.82) is 0 Å². The molecule has 0 fully saturated rings. The zero-order valence-corrected chi connectivity index (χ0v) is 13.5. The van der Waals surface area contributed by atoms with Crippen LogP contribution in [-0.4, -0.2) is 24.5 Å². The third-order valence-corrected chi connectivity index (χ3v) is 3.78. The van der Waals surface area contributed by atoms with Crippen LogP contribution < -0.4 is 9.47 Å². The van der Waals surface area contributed by atoms with Gasteiger partial charge < -0.3 is 19.1 Å². The first-order valence-corrected chi connectivity index (χ1v) is 7.36. The number of benzene rings is 2. The van der Waals surface area contributed by atoms with Gasteiger partial charge >= 0.3 is 0 Å². The van der Waals surface area contributed by atoms with Crippen LogP contribution in [0.5, 0.6) is 11.5 Å². The van der Waals surface area contributed by atoms with Crippen molar-refractivity contribution in [3.05, 3.63) is 53.6 Å². The summed E-state index contributed by atoms with van der Waals surface area (Å²) in [6.07, 6.45) is 0. The van der Waals surface area contributed by atoms with E-state index in [-0.39, 0.29) is 22.6 Å². The van der Waals surface area contributed by atoms with E-state index in [4.69, 9.17) is 14.0 Å². The van der Waals surface area contributed by atoms with E-state index in [1.54, 1.807) is 18.2 Å². The zero-order valence-electron chi connectivity index (χ0n) is 13.5. The average Bonchev–Trinajstić information content (AvgIpc) is 3.06. The smallest absolute Gasteiger partial charge is 0.176 e. The molecule has 1 N–H and O–H groups in total. The molecule has 0 aliphatic rings. The maximum atomic E-state index is 14.1. The topological polar surface area (TPSA) is 64.7 Å². The Bertz CT molecular complexity index is 908. The van der Waals surface area contributed by atoms with E-state index < -0.39 is 18.2 Å². The predicted octanol–water partition coefficient (Wildman–Crippen LogP) is 3.80. The van der Waals surface area contributed by atoms with Crippen LogP contribution >= 0.6 is 0 Å². The molecule has 0 aliphatic heterocycles. The van der Waals surface area contributed by atoms with Crippen molar-refractivity contribution in [2.24, 2.45) is 0 Å². The number of ether oxygens (including phenoxy) is 2. The Morgan fingerprint density at radius 1 is 1.04 bits per heavy atom. The molecule has 0 amide bonds. The van der Waals surface area contributed by atoms with Crippen molar-refractivity contribution in [3.8, 4) is 34.1 Å². The lowest BCUT2D eigenvalue weighted by Gasteiger charge is -2.09. The molecule has 0 saturated heterocycles. The fraction of sp³-hybridized carbons (Fsp3) is 0.167. The predicted molar refractivity (Wildman–Crippen MR) is 86.3 cm³/mol. The SMILES string of the molecule is COc1ccc(-c2onc(-c3cc(F)ccc3F)c2CO)c(OC)c1. The number of aliphatic hydroxyl groups excluding tert-OH is 1.